The van der Waals surface area contributed by atoms with E-state index in [4.69, 9.17) is 162 Å². The van der Waals surface area contributed by atoms with Crippen LogP contribution < -0.4 is 24.9 Å². The molecule has 8 aliphatic heterocycles. The van der Waals surface area contributed by atoms with Crippen molar-refractivity contribution >= 4 is 179 Å². The Morgan fingerprint density at radius 2 is 0.858 bits per heavy atom. The molecule has 16 atom stereocenters. The van der Waals surface area contributed by atoms with E-state index in [0.717, 1.165) is 185 Å². The monoisotopic (exact) mass is 2180 g/mol. The van der Waals surface area contributed by atoms with Crippen molar-refractivity contribution in [3.8, 4) is 6.07 Å². The molecule has 0 spiro atoms. The Morgan fingerprint density at radius 3 is 1.25 bits per heavy atom. The number of aliphatic hydroxyl groups excluding tert-OH is 1. The predicted octanol–water partition coefficient (Wildman–Crippen LogP) is 19.7. The average molecular weight is 2180 g/mol. The number of aliphatic hydroxyl groups is 2. The highest BCUT2D eigenvalue weighted by Crippen LogP contribution is 2.44. The highest BCUT2D eigenvalue weighted by molar-refractivity contribution is 6.37. The minimum absolute atomic E-state index is 0.0654. The smallest absolute Gasteiger partial charge is 0.373 e. The lowest BCUT2D eigenvalue weighted by Gasteiger charge is -2.48. The van der Waals surface area contributed by atoms with Gasteiger partial charge >= 0.3 is 18.3 Å². The summed E-state index contributed by atoms with van der Waals surface area (Å²) in [6.45, 7) is 43.2. The quantitative estimate of drug-likeness (QED) is 0.0550. The Labute approximate surface area is 904 Å². The van der Waals surface area contributed by atoms with Gasteiger partial charge in [0.1, 0.15) is 57.4 Å². The van der Waals surface area contributed by atoms with Crippen LogP contribution >= 0.6 is 92.8 Å². The van der Waals surface area contributed by atoms with Gasteiger partial charge in [-0.1, -0.05) is 145 Å². The number of nitriles is 1. The van der Waals surface area contributed by atoms with Crippen molar-refractivity contribution < 1.29 is 39.3 Å². The SMILES string of the molecule is CC(c1ccc(Cl)cc1Cl)n1nc(C#N)c2ncc(N3CCC(N4CCCC4C(=O)O)C(C(C)(C)O)C3)nc21.CCN1CCCC(C2CCN(c3cnc4c(C)nn(C(C)c5ccc(Cl)cc5Cl)c4n3)CC2C)C1.Cc1nn(C(C)c2ccc(Cl)cc2Cl)c2nc(N3CCC(C4CCCNC4)C(C)C3)cnc12.Cc1nn(C(C)c2ccc(Cl)cc2Cl)c2nc(N3CCC(N4CCCC(C)C4)C(CO)C3)cnc12.O=C=O.O=C=O. The second-order valence-corrected chi connectivity index (χ2v) is 44.9. The third kappa shape index (κ3) is 25.5. The molecule has 0 saturated carbocycles. The van der Waals surface area contributed by atoms with Crippen LogP contribution in [0, 0.1) is 85.4 Å². The molecule has 8 saturated heterocycles. The van der Waals surface area contributed by atoms with Crippen LogP contribution in [-0.2, 0) is 24.0 Å². The van der Waals surface area contributed by atoms with Crippen molar-refractivity contribution in [2.45, 2.75) is 215 Å². The van der Waals surface area contributed by atoms with E-state index in [0.29, 0.717) is 108 Å². The lowest BCUT2D eigenvalue weighted by Crippen LogP contribution is -2.59. The number of aryl methyl sites for hydroxylation is 3. The lowest BCUT2D eigenvalue weighted by molar-refractivity contribution is -0.193. The lowest BCUT2D eigenvalue weighted by atomic mass is 9.74. The number of carboxylic acids is 1. The number of anilines is 4. The first-order chi connectivity index (χ1) is 70.9. The summed E-state index contributed by atoms with van der Waals surface area (Å²) in [6.07, 6.45) is 21.3. The summed E-state index contributed by atoms with van der Waals surface area (Å²) in [5.41, 5.74) is 11.0. The molecule has 4 N–H and O–H groups in total. The van der Waals surface area contributed by atoms with E-state index in [1.165, 1.54) is 84.1 Å². The van der Waals surface area contributed by atoms with Crippen LogP contribution in [0.3, 0.4) is 0 Å². The van der Waals surface area contributed by atoms with Crippen molar-refractivity contribution in [1.29, 1.82) is 5.26 Å². The highest BCUT2D eigenvalue weighted by Gasteiger charge is 2.48. The molecule has 0 radical (unpaired) electrons. The normalized spacial score (nSPS) is 23.5. The maximum atomic E-state index is 11.9. The van der Waals surface area contributed by atoms with Gasteiger partial charge in [-0.25, -0.2) is 58.6 Å². The molecule has 16 unspecified atom stereocenters. The fraction of sp³-hybridized carbons (Fsp3) is 0.551. The van der Waals surface area contributed by atoms with Crippen molar-refractivity contribution in [1.82, 2.24) is 99.0 Å². The number of hydrogen-bond acceptors (Lipinski definition) is 28. The molecule has 0 aliphatic carbocycles. The zero-order valence-electron chi connectivity index (χ0n) is 86.1. The number of piperidine rings is 7. The van der Waals surface area contributed by atoms with Crippen LogP contribution in [0.25, 0.3) is 44.7 Å². The molecule has 790 valence electrons. The summed E-state index contributed by atoms with van der Waals surface area (Å²) in [5.74, 6) is 7.70. The van der Waals surface area contributed by atoms with E-state index < -0.39 is 17.6 Å². The van der Waals surface area contributed by atoms with Gasteiger partial charge in [-0.15, -0.1) is 0 Å². The second-order valence-electron chi connectivity index (χ2n) is 41.6. The van der Waals surface area contributed by atoms with Crippen molar-refractivity contribution in [2.75, 3.05) is 131 Å². The van der Waals surface area contributed by atoms with E-state index in [1.54, 1.807) is 55.1 Å². The molecular formula is C107H133Cl8N25O8. The van der Waals surface area contributed by atoms with Crippen LogP contribution in [0.1, 0.15) is 215 Å². The molecule has 41 heteroatoms. The van der Waals surface area contributed by atoms with Gasteiger partial charge in [0.25, 0.3) is 0 Å². The van der Waals surface area contributed by atoms with E-state index in [-0.39, 0.29) is 66.6 Å². The van der Waals surface area contributed by atoms with Gasteiger partial charge in [-0.2, -0.15) is 44.8 Å². The summed E-state index contributed by atoms with van der Waals surface area (Å²) < 4.78 is 7.46. The number of aliphatic carboxylic acids is 1. The first-order valence-electron chi connectivity index (χ1n) is 51.5. The van der Waals surface area contributed by atoms with Gasteiger partial charge in [-0.05, 0) is 291 Å². The summed E-state index contributed by atoms with van der Waals surface area (Å²) in [7, 11) is 0. The number of aromatic nitrogens is 16. The number of carboxylic acid groups (broad SMARTS) is 1. The Hall–Kier alpha value is -9.92. The zero-order valence-corrected chi connectivity index (χ0v) is 92.2. The van der Waals surface area contributed by atoms with E-state index >= 15 is 0 Å². The average Bonchev–Trinajstić information content (AvgIpc) is 1.60. The van der Waals surface area contributed by atoms with Crippen molar-refractivity contribution in [2.24, 2.45) is 53.3 Å². The predicted molar refractivity (Wildman–Crippen MR) is 580 cm³/mol. The minimum Gasteiger partial charge on any atom is -0.480 e. The molecule has 148 heavy (non-hydrogen) atoms. The van der Waals surface area contributed by atoms with Gasteiger partial charge < -0.3 is 45.1 Å². The molecular weight excluding hydrogens is 2050 g/mol. The van der Waals surface area contributed by atoms with Crippen LogP contribution in [-0.4, -0.2) is 262 Å². The summed E-state index contributed by atoms with van der Waals surface area (Å²) >= 11 is 50.4. The minimum atomic E-state index is -1.04. The number of likely N-dealkylation sites (tertiary alicyclic amines) is 3. The van der Waals surface area contributed by atoms with Crippen LogP contribution in [0.4, 0.5) is 23.3 Å². The Kier molecular flexibility index (Phi) is 38.0. The first kappa shape index (κ1) is 112. The first-order valence-corrected chi connectivity index (χ1v) is 54.6. The summed E-state index contributed by atoms with van der Waals surface area (Å²) in [4.78, 5) is 99.8. The molecule has 12 aromatic rings. The number of rotatable bonds is 20. The Morgan fingerprint density at radius 1 is 0.473 bits per heavy atom. The molecule has 8 aliphatic rings. The van der Waals surface area contributed by atoms with Crippen molar-refractivity contribution in [3.05, 3.63) is 183 Å². The molecule has 16 heterocycles. The zero-order chi connectivity index (χ0) is 106. The maximum Gasteiger partial charge on any atom is 0.373 e. The van der Waals surface area contributed by atoms with Gasteiger partial charge in [0.05, 0.1) is 71.6 Å². The molecule has 8 aromatic heterocycles. The topological polar surface area (TPSA) is 379 Å². The number of halogens is 8. The number of nitrogens with zero attached hydrogens (tertiary/aromatic N) is 24. The summed E-state index contributed by atoms with van der Waals surface area (Å²) in [6, 6.07) is 23.3. The maximum absolute atomic E-state index is 11.9. The number of benzene rings is 4. The number of hydrogen-bond donors (Lipinski definition) is 4. The Bertz CT molecular complexity index is 6750. The number of nitrogens with one attached hydrogen (secondary N) is 1. The third-order valence-electron chi connectivity index (χ3n) is 31.6. The molecule has 33 nitrogen and oxygen atoms in total. The van der Waals surface area contributed by atoms with Crippen LogP contribution in [0.2, 0.25) is 40.2 Å². The van der Waals surface area contributed by atoms with Crippen molar-refractivity contribution in [3.63, 3.8) is 0 Å². The van der Waals surface area contributed by atoms with E-state index in [2.05, 4.69) is 104 Å². The fourth-order valence-electron chi connectivity index (χ4n) is 23.9. The van der Waals surface area contributed by atoms with E-state index in [9.17, 15) is 25.4 Å². The number of carbonyl (C=O) groups excluding carboxylic acids is 4. The van der Waals surface area contributed by atoms with Gasteiger partial charge in [-0.3, -0.25) is 14.6 Å². The number of carbonyl (C=O) groups is 1. The number of fused-ring (bicyclic) bond motifs is 4. The largest absolute Gasteiger partial charge is 0.480 e. The van der Waals surface area contributed by atoms with Gasteiger partial charge in [0, 0.05) is 136 Å². The third-order valence-corrected chi connectivity index (χ3v) is 33.9. The van der Waals surface area contributed by atoms with Crippen LogP contribution in [0.15, 0.2) is 97.6 Å². The highest BCUT2D eigenvalue weighted by atomic mass is 35.5. The molecule has 0 amide bonds. The molecule has 4 aromatic carbocycles. The second kappa shape index (κ2) is 50.1. The Balaban J connectivity index is 0.000000145. The van der Waals surface area contributed by atoms with Gasteiger partial charge in [0.2, 0.25) is 0 Å². The molecule has 8 fully saturated rings. The van der Waals surface area contributed by atoms with Gasteiger partial charge in [0.15, 0.2) is 28.3 Å². The fourth-order valence-corrected chi connectivity index (χ4v) is 26.2. The molecule has 20 rings (SSSR count). The van der Waals surface area contributed by atoms with E-state index in [1.807, 2.05) is 103 Å². The molecule has 0 bridgehead atoms. The standard InChI is InChI=1S/C27H31Cl2N7O3.C27H36Cl2N6.C26H34Cl2N6O.C25H32Cl2N6.2CO2/c1-15(17-7-6-16(28)11-19(17)29)36-25-24(20(12-30)33-36)31-13-23(32-25)34-10-8-21(18(14-34)27(2,3)39)35-9-4-5-22(35)26(37)38;1-5-33-11-6-7-20(16-33)22-10-12-34(15-17(22)2)25-14-30-26-18(3)32-35(27(26)31-25)19(4)23-9-8-21(28)13-24(23)29;1-16-5-4-9-32(13-16)23-8-10-33(14-19(23)15-35)24-12-29-25-17(2)31-34(26(25)30-24)18(3)21-7-6-20(27)11-22(21)28;1-15-14-32(10-8-20(15)18-5-4-9-28-12-18)23-13-29-24-16(2)31-33(25(24)30-23)17(3)21-7-6-19(26)11-22(21)27;2*2-1-3/h6-7,11,13,15,18,21-22,39H,4-5,8-10,14H2,1-3H3,(H,37,38);8-9,13-14,17,19-20,22H,5-7,10-12,15-16H2,1-4H3;6-7,11-12,16,18-19,23,35H,4-5,8-10,13-15H2,1-3H3;6-7,11,13,15,17-18,20,28H,4-5,8-10,12,14H2,1-3H3;;. The van der Waals surface area contributed by atoms with Crippen LogP contribution in [0.5, 0.6) is 0 Å². The summed E-state index contributed by atoms with van der Waals surface area (Å²) in [5, 5.41) is 68.0.